The van der Waals surface area contributed by atoms with Gasteiger partial charge in [-0.2, -0.15) is 0 Å². The first-order valence-electron chi connectivity index (χ1n) is 7.54. The average Bonchev–Trinajstić information content (AvgIpc) is 2.46. The molecule has 0 aliphatic heterocycles. The van der Waals surface area contributed by atoms with Crippen LogP contribution in [-0.2, 0) is 0 Å². The van der Waals surface area contributed by atoms with Crippen LogP contribution < -0.4 is 10.5 Å². The summed E-state index contributed by atoms with van der Waals surface area (Å²) in [6, 6.07) is 5.56. The molecule has 1 aromatic rings. The van der Waals surface area contributed by atoms with Crippen LogP contribution in [0.15, 0.2) is 18.2 Å². The maximum atomic E-state index is 10.2. The lowest BCUT2D eigenvalue weighted by Gasteiger charge is -2.20. The minimum absolute atomic E-state index is 0.474. The molecule has 0 saturated heterocycles. The summed E-state index contributed by atoms with van der Waals surface area (Å²) in [5, 5.41) is 10.2. The van der Waals surface area contributed by atoms with Crippen molar-refractivity contribution in [2.24, 2.45) is 0 Å². The van der Waals surface area contributed by atoms with E-state index in [-0.39, 0.29) is 0 Å². The van der Waals surface area contributed by atoms with E-state index in [0.717, 1.165) is 38.0 Å². The van der Waals surface area contributed by atoms with Gasteiger partial charge in [0, 0.05) is 6.54 Å². The van der Waals surface area contributed by atoms with Crippen molar-refractivity contribution >= 4 is 5.69 Å². The molecule has 0 aliphatic carbocycles. The highest BCUT2D eigenvalue weighted by atomic mass is 16.5. The Labute approximate surface area is 122 Å². The SMILES string of the molecule is CCCOc1ccc(C(O)CCN(CC)CC)cc1N. The van der Waals surface area contributed by atoms with Gasteiger partial charge in [0.15, 0.2) is 0 Å². The van der Waals surface area contributed by atoms with Crippen LogP contribution in [0.25, 0.3) is 0 Å². The summed E-state index contributed by atoms with van der Waals surface area (Å²) in [5.74, 6) is 0.701. The van der Waals surface area contributed by atoms with Gasteiger partial charge in [0.25, 0.3) is 0 Å². The molecule has 0 saturated carbocycles. The third-order valence-electron chi connectivity index (χ3n) is 3.49. The van der Waals surface area contributed by atoms with Crippen LogP contribution in [0.4, 0.5) is 5.69 Å². The summed E-state index contributed by atoms with van der Waals surface area (Å²) >= 11 is 0. The lowest BCUT2D eigenvalue weighted by atomic mass is 10.1. The summed E-state index contributed by atoms with van der Waals surface area (Å²) in [4.78, 5) is 2.30. The number of hydrogen-bond donors (Lipinski definition) is 2. The van der Waals surface area contributed by atoms with Crippen molar-refractivity contribution in [1.29, 1.82) is 0 Å². The van der Waals surface area contributed by atoms with Gasteiger partial charge in [-0.05, 0) is 43.6 Å². The maximum Gasteiger partial charge on any atom is 0.142 e. The molecule has 114 valence electrons. The fraction of sp³-hybridized carbons (Fsp3) is 0.625. The molecule has 0 amide bonds. The van der Waals surface area contributed by atoms with E-state index < -0.39 is 6.10 Å². The molecule has 0 aromatic heterocycles. The van der Waals surface area contributed by atoms with E-state index in [1.165, 1.54) is 0 Å². The summed E-state index contributed by atoms with van der Waals surface area (Å²) in [7, 11) is 0. The Kier molecular flexibility index (Phi) is 7.41. The molecule has 0 heterocycles. The van der Waals surface area contributed by atoms with Crippen molar-refractivity contribution < 1.29 is 9.84 Å². The predicted octanol–water partition coefficient (Wildman–Crippen LogP) is 2.82. The number of aliphatic hydroxyl groups excluding tert-OH is 1. The highest BCUT2D eigenvalue weighted by Gasteiger charge is 2.11. The number of anilines is 1. The van der Waals surface area contributed by atoms with Crippen LogP contribution in [0.2, 0.25) is 0 Å². The Bertz CT molecular complexity index is 392. The van der Waals surface area contributed by atoms with Gasteiger partial charge in [-0.3, -0.25) is 0 Å². The molecule has 3 N–H and O–H groups in total. The monoisotopic (exact) mass is 280 g/mol. The zero-order chi connectivity index (χ0) is 15.0. The van der Waals surface area contributed by atoms with Gasteiger partial charge < -0.3 is 20.5 Å². The lowest BCUT2D eigenvalue weighted by molar-refractivity contribution is 0.145. The Morgan fingerprint density at radius 2 is 1.95 bits per heavy atom. The molecule has 1 rings (SSSR count). The zero-order valence-corrected chi connectivity index (χ0v) is 12.9. The molecule has 0 fully saturated rings. The molecule has 0 bridgehead atoms. The van der Waals surface area contributed by atoms with E-state index >= 15 is 0 Å². The molecule has 4 nitrogen and oxygen atoms in total. The Morgan fingerprint density at radius 3 is 2.50 bits per heavy atom. The molecule has 4 heteroatoms. The number of benzene rings is 1. The summed E-state index contributed by atoms with van der Waals surface area (Å²) in [5.41, 5.74) is 7.42. The fourth-order valence-corrected chi connectivity index (χ4v) is 2.13. The van der Waals surface area contributed by atoms with Crippen molar-refractivity contribution in [2.45, 2.75) is 39.7 Å². The minimum Gasteiger partial charge on any atom is -0.491 e. The van der Waals surface area contributed by atoms with Gasteiger partial charge in [0.2, 0.25) is 0 Å². The molecule has 1 unspecified atom stereocenters. The summed E-state index contributed by atoms with van der Waals surface area (Å²) in [6.45, 7) is 9.89. The van der Waals surface area contributed by atoms with Crippen molar-refractivity contribution in [3.05, 3.63) is 23.8 Å². The number of ether oxygens (including phenoxy) is 1. The highest BCUT2D eigenvalue weighted by Crippen LogP contribution is 2.27. The second-order valence-electron chi connectivity index (χ2n) is 4.98. The molecule has 0 radical (unpaired) electrons. The van der Waals surface area contributed by atoms with Gasteiger partial charge in [0.05, 0.1) is 18.4 Å². The first kappa shape index (κ1) is 16.8. The maximum absolute atomic E-state index is 10.2. The van der Waals surface area contributed by atoms with Crippen molar-refractivity contribution in [3.8, 4) is 5.75 Å². The standard InChI is InChI=1S/C16H28N2O2/c1-4-11-20-16-8-7-13(12-14(16)17)15(19)9-10-18(5-2)6-3/h7-8,12,15,19H,4-6,9-11,17H2,1-3H3. The van der Waals surface area contributed by atoms with Crippen LogP contribution in [0.1, 0.15) is 45.3 Å². The topological polar surface area (TPSA) is 58.7 Å². The number of rotatable bonds is 9. The zero-order valence-electron chi connectivity index (χ0n) is 12.9. The van der Waals surface area contributed by atoms with E-state index in [2.05, 4.69) is 25.7 Å². The van der Waals surface area contributed by atoms with E-state index in [0.29, 0.717) is 18.0 Å². The second kappa shape index (κ2) is 8.82. The molecular formula is C16H28N2O2. The molecule has 1 atom stereocenters. The Balaban J connectivity index is 2.60. The fourth-order valence-electron chi connectivity index (χ4n) is 2.13. The normalized spacial score (nSPS) is 12.7. The van der Waals surface area contributed by atoms with Gasteiger partial charge in [-0.1, -0.05) is 26.8 Å². The summed E-state index contributed by atoms with van der Waals surface area (Å²) in [6.07, 6.45) is 1.20. The van der Waals surface area contributed by atoms with Crippen LogP contribution in [0.3, 0.4) is 0 Å². The molecule has 0 spiro atoms. The van der Waals surface area contributed by atoms with Gasteiger partial charge in [-0.25, -0.2) is 0 Å². The Morgan fingerprint density at radius 1 is 1.25 bits per heavy atom. The molecule has 0 aliphatic rings. The third-order valence-corrected chi connectivity index (χ3v) is 3.49. The average molecular weight is 280 g/mol. The van der Waals surface area contributed by atoms with Gasteiger partial charge in [0.1, 0.15) is 5.75 Å². The van der Waals surface area contributed by atoms with Crippen LogP contribution in [-0.4, -0.2) is 36.2 Å². The lowest BCUT2D eigenvalue weighted by Crippen LogP contribution is -2.25. The van der Waals surface area contributed by atoms with E-state index in [9.17, 15) is 5.11 Å². The summed E-state index contributed by atoms with van der Waals surface area (Å²) < 4.78 is 5.54. The van der Waals surface area contributed by atoms with Crippen molar-refractivity contribution in [3.63, 3.8) is 0 Å². The first-order valence-corrected chi connectivity index (χ1v) is 7.54. The smallest absolute Gasteiger partial charge is 0.142 e. The van der Waals surface area contributed by atoms with Crippen LogP contribution in [0.5, 0.6) is 5.75 Å². The largest absolute Gasteiger partial charge is 0.491 e. The number of hydrogen-bond acceptors (Lipinski definition) is 4. The number of nitrogens with two attached hydrogens (primary N) is 1. The predicted molar refractivity (Wildman–Crippen MR) is 84.0 cm³/mol. The second-order valence-corrected chi connectivity index (χ2v) is 4.98. The highest BCUT2D eigenvalue weighted by molar-refractivity contribution is 5.54. The molecule has 1 aromatic carbocycles. The van der Waals surface area contributed by atoms with Crippen molar-refractivity contribution in [2.75, 3.05) is 32.0 Å². The van der Waals surface area contributed by atoms with Crippen molar-refractivity contribution in [1.82, 2.24) is 4.90 Å². The van der Waals surface area contributed by atoms with E-state index in [4.69, 9.17) is 10.5 Å². The third kappa shape index (κ3) is 5.02. The molecule has 20 heavy (non-hydrogen) atoms. The van der Waals surface area contributed by atoms with Gasteiger partial charge >= 0.3 is 0 Å². The number of nitrogens with zero attached hydrogens (tertiary/aromatic N) is 1. The number of aliphatic hydroxyl groups is 1. The quantitative estimate of drug-likeness (QED) is 0.683. The van der Waals surface area contributed by atoms with Crippen LogP contribution >= 0.6 is 0 Å². The number of nitrogen functional groups attached to an aromatic ring is 1. The molecular weight excluding hydrogens is 252 g/mol. The van der Waals surface area contributed by atoms with E-state index in [1.807, 2.05) is 18.2 Å². The van der Waals surface area contributed by atoms with Gasteiger partial charge in [-0.15, -0.1) is 0 Å². The van der Waals surface area contributed by atoms with Crippen LogP contribution in [0, 0.1) is 0 Å². The Hall–Kier alpha value is -1.26. The minimum atomic E-state index is -0.474. The first-order chi connectivity index (χ1) is 9.62. The van der Waals surface area contributed by atoms with E-state index in [1.54, 1.807) is 0 Å².